The van der Waals surface area contributed by atoms with E-state index in [1.807, 2.05) is 24.3 Å². The molecule has 82 valence electrons. The van der Waals surface area contributed by atoms with E-state index in [1.54, 1.807) is 12.1 Å². The lowest BCUT2D eigenvalue weighted by Gasteiger charge is -2.10. The Kier molecular flexibility index (Phi) is 3.30. The summed E-state index contributed by atoms with van der Waals surface area (Å²) in [7, 11) is 0. The Bertz CT molecular complexity index is 489. The summed E-state index contributed by atoms with van der Waals surface area (Å²) in [6.07, 6.45) is 0.996. The average Bonchev–Trinajstić information content (AvgIpc) is 2.30. The molecule has 2 aromatic carbocycles. The van der Waals surface area contributed by atoms with Crippen LogP contribution < -0.4 is 0 Å². The lowest BCUT2D eigenvalue weighted by atomic mass is 9.98. The first-order valence-electron chi connectivity index (χ1n) is 5.29. The zero-order chi connectivity index (χ0) is 11.5. The molecule has 0 heterocycles. The molecule has 2 aromatic rings. The summed E-state index contributed by atoms with van der Waals surface area (Å²) in [4.78, 5) is 0. The van der Waals surface area contributed by atoms with Crippen molar-refractivity contribution in [3.63, 3.8) is 0 Å². The fourth-order valence-corrected chi connectivity index (χ4v) is 2.45. The zero-order valence-corrected chi connectivity index (χ0v) is 10.7. The van der Waals surface area contributed by atoms with Gasteiger partial charge in [-0.15, -0.1) is 0 Å². The van der Waals surface area contributed by atoms with Gasteiger partial charge in [-0.05, 0) is 41.3 Å². The highest BCUT2D eigenvalue weighted by atomic mass is 79.9. The molecule has 0 saturated carbocycles. The second-order valence-electron chi connectivity index (χ2n) is 3.67. The number of aromatic hydroxyl groups is 1. The first kappa shape index (κ1) is 11.2. The molecule has 0 aromatic heterocycles. The van der Waals surface area contributed by atoms with Crippen LogP contribution in [0.15, 0.2) is 46.9 Å². The molecule has 2 rings (SSSR count). The lowest BCUT2D eigenvalue weighted by molar-refractivity contribution is 0.475. The number of rotatable bonds is 2. The highest BCUT2D eigenvalue weighted by Gasteiger charge is 2.07. The van der Waals surface area contributed by atoms with E-state index in [2.05, 4.69) is 28.9 Å². The van der Waals surface area contributed by atoms with Crippen molar-refractivity contribution in [2.45, 2.75) is 13.3 Å². The molecule has 0 amide bonds. The maximum absolute atomic E-state index is 9.29. The SMILES string of the molecule is CCc1cccc(Br)c1-c1ccc(O)cc1. The van der Waals surface area contributed by atoms with Gasteiger partial charge in [-0.2, -0.15) is 0 Å². The average molecular weight is 277 g/mol. The number of benzene rings is 2. The van der Waals surface area contributed by atoms with Crippen LogP contribution >= 0.6 is 15.9 Å². The molecule has 2 heteroatoms. The molecule has 1 N–H and O–H groups in total. The fraction of sp³-hybridized carbons (Fsp3) is 0.143. The molecule has 0 radical (unpaired) electrons. The Hall–Kier alpha value is -1.28. The van der Waals surface area contributed by atoms with Crippen molar-refractivity contribution < 1.29 is 5.11 Å². The summed E-state index contributed by atoms with van der Waals surface area (Å²) in [5.74, 6) is 0.300. The maximum atomic E-state index is 9.29. The van der Waals surface area contributed by atoms with Gasteiger partial charge < -0.3 is 5.11 Å². The van der Waals surface area contributed by atoms with Crippen LogP contribution in [-0.2, 0) is 6.42 Å². The van der Waals surface area contributed by atoms with Crippen molar-refractivity contribution in [1.29, 1.82) is 0 Å². The Labute approximate surface area is 104 Å². The third-order valence-corrected chi connectivity index (χ3v) is 3.30. The molecule has 0 aliphatic carbocycles. The van der Waals surface area contributed by atoms with E-state index in [0.717, 1.165) is 16.5 Å². The number of hydrogen-bond acceptors (Lipinski definition) is 1. The van der Waals surface area contributed by atoms with Crippen molar-refractivity contribution in [3.05, 3.63) is 52.5 Å². The summed E-state index contributed by atoms with van der Waals surface area (Å²) < 4.78 is 1.09. The van der Waals surface area contributed by atoms with E-state index in [4.69, 9.17) is 0 Å². The molecule has 0 spiro atoms. The summed E-state index contributed by atoms with van der Waals surface area (Å²) >= 11 is 3.58. The third kappa shape index (κ3) is 2.12. The van der Waals surface area contributed by atoms with Gasteiger partial charge in [0.2, 0.25) is 0 Å². The summed E-state index contributed by atoms with van der Waals surface area (Å²) in [6.45, 7) is 2.14. The topological polar surface area (TPSA) is 20.2 Å². The quantitative estimate of drug-likeness (QED) is 0.863. The molecule has 0 aliphatic rings. The van der Waals surface area contributed by atoms with E-state index in [1.165, 1.54) is 11.1 Å². The van der Waals surface area contributed by atoms with Crippen LogP contribution in [0.4, 0.5) is 0 Å². The largest absolute Gasteiger partial charge is 0.508 e. The standard InChI is InChI=1S/C14H13BrO/c1-2-10-4-3-5-13(15)14(10)11-6-8-12(16)9-7-11/h3-9,16H,2H2,1H3. The van der Waals surface area contributed by atoms with E-state index < -0.39 is 0 Å². The van der Waals surface area contributed by atoms with Gasteiger partial charge >= 0.3 is 0 Å². The number of phenols is 1. The lowest BCUT2D eigenvalue weighted by Crippen LogP contribution is -1.88. The Morgan fingerprint density at radius 2 is 1.75 bits per heavy atom. The molecule has 0 bridgehead atoms. The smallest absolute Gasteiger partial charge is 0.115 e. The monoisotopic (exact) mass is 276 g/mol. The van der Waals surface area contributed by atoms with E-state index >= 15 is 0 Å². The predicted octanol–water partition coefficient (Wildman–Crippen LogP) is 4.38. The van der Waals surface area contributed by atoms with Crippen LogP contribution in [0, 0.1) is 0 Å². The van der Waals surface area contributed by atoms with Crippen LogP contribution in [0.3, 0.4) is 0 Å². The molecule has 0 unspecified atom stereocenters. The summed E-state index contributed by atoms with van der Waals surface area (Å²) in [6, 6.07) is 13.5. The van der Waals surface area contributed by atoms with Gasteiger partial charge in [0.1, 0.15) is 5.75 Å². The van der Waals surface area contributed by atoms with Crippen molar-refractivity contribution in [3.8, 4) is 16.9 Å². The highest BCUT2D eigenvalue weighted by molar-refractivity contribution is 9.10. The first-order chi connectivity index (χ1) is 7.72. The minimum absolute atomic E-state index is 0.300. The van der Waals surface area contributed by atoms with Crippen LogP contribution in [0.5, 0.6) is 5.75 Å². The van der Waals surface area contributed by atoms with Gasteiger partial charge in [0.25, 0.3) is 0 Å². The minimum atomic E-state index is 0.300. The summed E-state index contributed by atoms with van der Waals surface area (Å²) in [5.41, 5.74) is 3.65. The third-order valence-electron chi connectivity index (χ3n) is 2.64. The van der Waals surface area contributed by atoms with Crippen molar-refractivity contribution in [1.82, 2.24) is 0 Å². The first-order valence-corrected chi connectivity index (χ1v) is 6.08. The predicted molar refractivity (Wildman–Crippen MR) is 70.6 cm³/mol. The van der Waals surface area contributed by atoms with Crippen LogP contribution in [-0.4, -0.2) is 5.11 Å². The molecule has 1 nitrogen and oxygen atoms in total. The van der Waals surface area contributed by atoms with E-state index in [-0.39, 0.29) is 0 Å². The van der Waals surface area contributed by atoms with Crippen molar-refractivity contribution in [2.75, 3.05) is 0 Å². The molecular weight excluding hydrogens is 264 g/mol. The maximum Gasteiger partial charge on any atom is 0.115 e. The van der Waals surface area contributed by atoms with Crippen molar-refractivity contribution >= 4 is 15.9 Å². The molecule has 0 atom stereocenters. The van der Waals surface area contributed by atoms with Gasteiger partial charge in [-0.1, -0.05) is 47.1 Å². The molecule has 0 aliphatic heterocycles. The number of aryl methyl sites for hydroxylation is 1. The molecule has 0 fully saturated rings. The van der Waals surface area contributed by atoms with Crippen LogP contribution in [0.1, 0.15) is 12.5 Å². The number of hydrogen-bond donors (Lipinski definition) is 1. The van der Waals surface area contributed by atoms with Gasteiger partial charge in [0.05, 0.1) is 0 Å². The van der Waals surface area contributed by atoms with E-state index in [0.29, 0.717) is 5.75 Å². The Morgan fingerprint density at radius 1 is 1.06 bits per heavy atom. The minimum Gasteiger partial charge on any atom is -0.508 e. The normalized spacial score (nSPS) is 10.4. The van der Waals surface area contributed by atoms with Gasteiger partial charge in [0.15, 0.2) is 0 Å². The molecule has 0 saturated heterocycles. The Balaban J connectivity index is 2.58. The van der Waals surface area contributed by atoms with Crippen LogP contribution in [0.2, 0.25) is 0 Å². The van der Waals surface area contributed by atoms with E-state index in [9.17, 15) is 5.11 Å². The summed E-state index contributed by atoms with van der Waals surface area (Å²) in [5, 5.41) is 9.29. The van der Waals surface area contributed by atoms with Gasteiger partial charge in [-0.25, -0.2) is 0 Å². The number of phenolic OH excluding ortho intramolecular Hbond substituents is 1. The van der Waals surface area contributed by atoms with Gasteiger partial charge in [-0.3, -0.25) is 0 Å². The van der Waals surface area contributed by atoms with Crippen LogP contribution in [0.25, 0.3) is 11.1 Å². The highest BCUT2D eigenvalue weighted by Crippen LogP contribution is 2.32. The second-order valence-corrected chi connectivity index (χ2v) is 4.53. The van der Waals surface area contributed by atoms with Gasteiger partial charge in [0, 0.05) is 4.47 Å². The Morgan fingerprint density at radius 3 is 2.38 bits per heavy atom. The zero-order valence-electron chi connectivity index (χ0n) is 9.07. The number of halogens is 1. The molecular formula is C14H13BrO. The fourth-order valence-electron chi connectivity index (χ4n) is 1.81. The van der Waals surface area contributed by atoms with Crippen molar-refractivity contribution in [2.24, 2.45) is 0 Å². The molecule has 16 heavy (non-hydrogen) atoms. The second kappa shape index (κ2) is 4.71.